The third kappa shape index (κ3) is 7.31. The van der Waals surface area contributed by atoms with Gasteiger partial charge in [0.2, 0.25) is 0 Å². The summed E-state index contributed by atoms with van der Waals surface area (Å²) in [6, 6.07) is 11.1. The normalized spacial score (nSPS) is 23.4. The number of likely N-dealkylation sites (tertiary alicyclic amines) is 2. The van der Waals surface area contributed by atoms with E-state index in [2.05, 4.69) is 5.32 Å². The van der Waals surface area contributed by atoms with E-state index in [1.54, 1.807) is 17.9 Å². The predicted octanol–water partition coefficient (Wildman–Crippen LogP) is 1.99. The maximum absolute atomic E-state index is 13.7. The van der Waals surface area contributed by atoms with Crippen molar-refractivity contribution in [3.05, 3.63) is 47.5 Å². The lowest BCUT2D eigenvalue weighted by Gasteiger charge is -2.36. The molecule has 2 saturated heterocycles. The number of nitrogens with one attached hydrogen (secondary N) is 1. The summed E-state index contributed by atoms with van der Waals surface area (Å²) >= 11 is 0. The van der Waals surface area contributed by atoms with E-state index < -0.39 is 42.3 Å². The van der Waals surface area contributed by atoms with Gasteiger partial charge in [-0.1, -0.05) is 30.3 Å². The summed E-state index contributed by atoms with van der Waals surface area (Å²) in [4.78, 5) is 29.4. The van der Waals surface area contributed by atoms with Crippen LogP contribution >= 0.6 is 0 Å². The average Bonchev–Trinajstić information content (AvgIpc) is 3.47. The molecule has 2 fully saturated rings. The fourth-order valence-electron chi connectivity index (χ4n) is 5.01. The molecule has 2 aliphatic heterocycles. The molecule has 1 aromatic rings. The molecule has 2 amide bonds. The molecule has 3 atom stereocenters. The fourth-order valence-corrected chi connectivity index (χ4v) is 5.01. The fraction of sp³-hybridized carbons (Fsp3) is 0.577. The van der Waals surface area contributed by atoms with Gasteiger partial charge in [-0.05, 0) is 58.1 Å². The number of nitrogens with zero attached hydrogens (tertiary/aromatic N) is 3. The van der Waals surface area contributed by atoms with Crippen LogP contribution in [-0.2, 0) is 16.0 Å². The molecule has 0 aromatic heterocycles. The third-order valence-corrected chi connectivity index (χ3v) is 7.26. The van der Waals surface area contributed by atoms with Crippen LogP contribution in [-0.4, -0.2) is 88.4 Å². The largest absolute Gasteiger partial charge is 0.475 e. The Balaban J connectivity index is 1.64. The molecule has 0 bridgehead atoms. The summed E-state index contributed by atoms with van der Waals surface area (Å²) in [5, 5.41) is 31.7. The minimum absolute atomic E-state index is 0.0313. The lowest BCUT2D eigenvalue weighted by atomic mass is 9.76. The number of carbonyl (C=O) groups excluding carboxylic acids is 2. The van der Waals surface area contributed by atoms with Gasteiger partial charge in [0.25, 0.3) is 5.91 Å². The summed E-state index contributed by atoms with van der Waals surface area (Å²) in [6.07, 6.45) is 1.71. The monoisotopic (exact) mass is 514 g/mol. The number of nitriles is 1. The highest BCUT2D eigenvalue weighted by atomic mass is 19.1. The van der Waals surface area contributed by atoms with Crippen LogP contribution in [0.25, 0.3) is 0 Å². The number of rotatable bonds is 9. The van der Waals surface area contributed by atoms with E-state index in [1.165, 1.54) is 0 Å². The molecule has 1 aromatic carbocycles. The molecular weight excluding hydrogens is 478 g/mol. The van der Waals surface area contributed by atoms with Crippen molar-refractivity contribution in [2.24, 2.45) is 0 Å². The summed E-state index contributed by atoms with van der Waals surface area (Å²) in [5.74, 6) is -1.43. The van der Waals surface area contributed by atoms with Crippen LogP contribution < -0.4 is 5.32 Å². The van der Waals surface area contributed by atoms with Gasteiger partial charge in [-0.25, -0.2) is 9.18 Å². The Morgan fingerprint density at radius 3 is 2.65 bits per heavy atom. The SMILES string of the molecule is CC(C)(/C=C(\C#N)C(=O)N1CCC[C@]1(C)COC(=O)N[C@@H](Cc1ccccc1)B(O)O)N1CC[C@@H](F)C1. The molecular formula is C26H36BFN4O5. The Morgan fingerprint density at radius 2 is 2.05 bits per heavy atom. The van der Waals surface area contributed by atoms with Gasteiger partial charge in [-0.2, -0.15) is 5.26 Å². The number of alkyl halides is 1. The number of ether oxygens (including phenoxy) is 1. The molecule has 9 nitrogen and oxygen atoms in total. The van der Waals surface area contributed by atoms with E-state index in [0.717, 1.165) is 5.56 Å². The molecule has 3 rings (SSSR count). The summed E-state index contributed by atoms with van der Waals surface area (Å²) in [6.45, 7) is 6.59. The molecule has 2 heterocycles. The molecule has 0 spiro atoms. The quantitative estimate of drug-likeness (QED) is 0.261. The van der Waals surface area contributed by atoms with Crippen LogP contribution in [0.1, 0.15) is 45.6 Å². The van der Waals surface area contributed by atoms with Crippen LogP contribution in [0.5, 0.6) is 0 Å². The first-order valence-corrected chi connectivity index (χ1v) is 12.6. The third-order valence-electron chi connectivity index (χ3n) is 7.26. The Kier molecular flexibility index (Phi) is 9.34. The van der Waals surface area contributed by atoms with Crippen LogP contribution in [0.2, 0.25) is 0 Å². The van der Waals surface area contributed by atoms with Gasteiger partial charge in [-0.15, -0.1) is 0 Å². The Bertz CT molecular complexity index is 1030. The average molecular weight is 514 g/mol. The molecule has 3 N–H and O–H groups in total. The van der Waals surface area contributed by atoms with E-state index in [-0.39, 0.29) is 25.1 Å². The van der Waals surface area contributed by atoms with Crippen LogP contribution in [0.15, 0.2) is 42.0 Å². The Labute approximate surface area is 218 Å². The lowest BCUT2D eigenvalue weighted by Crippen LogP contribution is -2.52. The molecule has 11 heteroatoms. The smallest absolute Gasteiger partial charge is 0.447 e. The van der Waals surface area contributed by atoms with Crippen LogP contribution in [0.3, 0.4) is 0 Å². The second-order valence-corrected chi connectivity index (χ2v) is 10.6. The zero-order valence-corrected chi connectivity index (χ0v) is 21.7. The summed E-state index contributed by atoms with van der Waals surface area (Å²) in [5.41, 5.74) is -0.724. The second-order valence-electron chi connectivity index (χ2n) is 10.6. The van der Waals surface area contributed by atoms with Gasteiger partial charge >= 0.3 is 13.2 Å². The van der Waals surface area contributed by atoms with Crippen molar-refractivity contribution in [3.63, 3.8) is 0 Å². The highest BCUT2D eigenvalue weighted by Crippen LogP contribution is 2.32. The number of halogens is 1. The molecule has 37 heavy (non-hydrogen) atoms. The van der Waals surface area contributed by atoms with Gasteiger partial charge in [0.1, 0.15) is 24.4 Å². The van der Waals surface area contributed by atoms with Crippen molar-refractivity contribution in [3.8, 4) is 6.07 Å². The standard InChI is InChI=1S/C26H36BFN4O5/c1-25(2,31-13-10-21(28)17-31)15-20(16-29)23(33)32-12-7-11-26(32,3)18-37-24(34)30-22(27(35)36)14-19-8-5-4-6-9-19/h4-6,8-9,15,21-22,35-36H,7,10-14,17-18H2,1-3H3,(H,30,34)/b20-15+/t21-,22+,26-/m1/s1. The van der Waals surface area contributed by atoms with Crippen molar-refractivity contribution in [1.82, 2.24) is 15.1 Å². The van der Waals surface area contributed by atoms with Crippen molar-refractivity contribution in [2.75, 3.05) is 26.2 Å². The highest BCUT2D eigenvalue weighted by molar-refractivity contribution is 6.43. The molecule has 200 valence electrons. The number of alkyl carbamates (subject to hydrolysis) is 1. The summed E-state index contributed by atoms with van der Waals surface area (Å²) in [7, 11) is -1.79. The van der Waals surface area contributed by atoms with Gasteiger partial charge in [-0.3, -0.25) is 9.69 Å². The van der Waals surface area contributed by atoms with Crippen molar-refractivity contribution >= 4 is 19.1 Å². The minimum atomic E-state index is -1.79. The maximum Gasteiger partial charge on any atom is 0.475 e. The van der Waals surface area contributed by atoms with E-state index in [4.69, 9.17) is 4.74 Å². The van der Waals surface area contributed by atoms with Gasteiger partial charge in [0.15, 0.2) is 0 Å². The molecule has 2 aliphatic rings. The Morgan fingerprint density at radius 1 is 1.35 bits per heavy atom. The van der Waals surface area contributed by atoms with Crippen molar-refractivity contribution < 1.29 is 28.8 Å². The van der Waals surface area contributed by atoms with Gasteiger partial charge in [0, 0.05) is 25.2 Å². The van der Waals surface area contributed by atoms with E-state index in [9.17, 15) is 29.3 Å². The lowest BCUT2D eigenvalue weighted by molar-refractivity contribution is -0.131. The number of amides is 2. The second kappa shape index (κ2) is 12.1. The Hall–Kier alpha value is -2.94. The first-order valence-electron chi connectivity index (χ1n) is 12.6. The maximum atomic E-state index is 13.7. The zero-order chi connectivity index (χ0) is 27.2. The van der Waals surface area contributed by atoms with Crippen LogP contribution in [0.4, 0.5) is 9.18 Å². The molecule has 0 aliphatic carbocycles. The first-order chi connectivity index (χ1) is 17.4. The number of hydrogen-bond donors (Lipinski definition) is 3. The predicted molar refractivity (Wildman–Crippen MR) is 137 cm³/mol. The van der Waals surface area contributed by atoms with E-state index in [0.29, 0.717) is 32.4 Å². The molecule has 0 unspecified atom stereocenters. The van der Waals surface area contributed by atoms with Crippen molar-refractivity contribution in [2.45, 2.75) is 69.6 Å². The number of hydrogen-bond acceptors (Lipinski definition) is 7. The number of carbonyl (C=O) groups is 2. The zero-order valence-electron chi connectivity index (χ0n) is 21.7. The highest BCUT2D eigenvalue weighted by Gasteiger charge is 2.43. The molecule has 0 saturated carbocycles. The van der Waals surface area contributed by atoms with E-state index in [1.807, 2.05) is 55.1 Å². The summed E-state index contributed by atoms with van der Waals surface area (Å²) < 4.78 is 19.2. The molecule has 0 radical (unpaired) electrons. The number of benzene rings is 1. The van der Waals surface area contributed by atoms with E-state index >= 15 is 0 Å². The van der Waals surface area contributed by atoms with Crippen molar-refractivity contribution in [1.29, 1.82) is 5.26 Å². The van der Waals surface area contributed by atoms with Gasteiger partial charge in [0.05, 0.1) is 11.5 Å². The first kappa shape index (κ1) is 28.6. The van der Waals surface area contributed by atoms with Gasteiger partial charge < -0.3 is 25.0 Å². The topological polar surface area (TPSA) is 126 Å². The minimum Gasteiger partial charge on any atom is -0.447 e. The van der Waals surface area contributed by atoms with Crippen LogP contribution in [0, 0.1) is 11.3 Å².